The molecule has 3 rings (SSSR count). The third-order valence-corrected chi connectivity index (χ3v) is 3.82. The Morgan fingerprint density at radius 1 is 1.52 bits per heavy atom. The van der Waals surface area contributed by atoms with Crippen molar-refractivity contribution in [2.75, 3.05) is 13.7 Å². The zero-order valence-corrected chi connectivity index (χ0v) is 11.6. The third-order valence-electron chi connectivity index (χ3n) is 3.82. The van der Waals surface area contributed by atoms with Gasteiger partial charge in [0.25, 0.3) is 0 Å². The van der Waals surface area contributed by atoms with Crippen LogP contribution in [0.4, 0.5) is 4.39 Å². The van der Waals surface area contributed by atoms with Crippen LogP contribution in [0.2, 0.25) is 0 Å². The van der Waals surface area contributed by atoms with Gasteiger partial charge in [-0.25, -0.2) is 14.4 Å². The van der Waals surface area contributed by atoms with Crippen LogP contribution in [0.5, 0.6) is 5.88 Å². The van der Waals surface area contributed by atoms with E-state index in [4.69, 9.17) is 9.47 Å². The van der Waals surface area contributed by atoms with Crippen LogP contribution in [0.25, 0.3) is 11.0 Å². The van der Waals surface area contributed by atoms with Gasteiger partial charge < -0.3 is 24.3 Å². The maximum absolute atomic E-state index is 14.8. The Bertz CT molecular complexity index is 660. The number of aliphatic hydroxyl groups is 2. The molecule has 2 aromatic heterocycles. The molecule has 2 aromatic rings. The quantitative estimate of drug-likeness (QED) is 0.853. The van der Waals surface area contributed by atoms with Gasteiger partial charge in [-0.15, -0.1) is 0 Å². The molecule has 0 bridgehead atoms. The lowest BCUT2D eigenvalue weighted by molar-refractivity contribution is -0.0564. The molecule has 3 heterocycles. The van der Waals surface area contributed by atoms with E-state index >= 15 is 0 Å². The molecule has 0 radical (unpaired) electrons. The van der Waals surface area contributed by atoms with Crippen molar-refractivity contribution in [2.24, 2.45) is 0 Å². The zero-order chi connectivity index (χ0) is 15.2. The van der Waals surface area contributed by atoms with Crippen LogP contribution in [0.3, 0.4) is 0 Å². The van der Waals surface area contributed by atoms with Crippen LogP contribution >= 0.6 is 0 Å². The Morgan fingerprint density at radius 2 is 2.29 bits per heavy atom. The lowest BCUT2D eigenvalue weighted by atomic mass is 9.98. The standard InChI is InChI=1S/C13H16FN3O4/c1-13(14)9(19)8(5-18)21-12(13)17-4-3-7-10(17)15-6-16-11(7)20-2/h3-4,6,8-9,12,18-19H,5H2,1-2H3/t8-,9-,12+,13-/m1/s1. The van der Waals surface area contributed by atoms with Gasteiger partial charge in [0.1, 0.15) is 24.2 Å². The summed E-state index contributed by atoms with van der Waals surface area (Å²) >= 11 is 0. The number of alkyl halides is 1. The van der Waals surface area contributed by atoms with Crippen molar-refractivity contribution in [1.82, 2.24) is 14.5 Å². The van der Waals surface area contributed by atoms with Crippen molar-refractivity contribution in [3.05, 3.63) is 18.6 Å². The van der Waals surface area contributed by atoms with Crippen LogP contribution in [-0.2, 0) is 4.74 Å². The molecular weight excluding hydrogens is 281 g/mol. The highest BCUT2D eigenvalue weighted by Gasteiger charge is 2.55. The summed E-state index contributed by atoms with van der Waals surface area (Å²) in [6, 6.07) is 1.69. The van der Waals surface area contributed by atoms with Crippen molar-refractivity contribution in [3.8, 4) is 5.88 Å². The second kappa shape index (κ2) is 4.90. The number of nitrogens with zero attached hydrogens (tertiary/aromatic N) is 3. The van der Waals surface area contributed by atoms with E-state index in [1.165, 1.54) is 24.9 Å². The first-order valence-corrected chi connectivity index (χ1v) is 6.49. The van der Waals surface area contributed by atoms with Crippen molar-refractivity contribution in [3.63, 3.8) is 0 Å². The number of aliphatic hydroxyl groups excluding tert-OH is 2. The predicted octanol–water partition coefficient (Wildman–Crippen LogP) is 0.419. The fourth-order valence-corrected chi connectivity index (χ4v) is 2.66. The molecule has 1 aliphatic rings. The van der Waals surface area contributed by atoms with Gasteiger partial charge in [0, 0.05) is 6.20 Å². The summed E-state index contributed by atoms with van der Waals surface area (Å²) in [5.41, 5.74) is -1.63. The van der Waals surface area contributed by atoms with Gasteiger partial charge in [0.15, 0.2) is 11.9 Å². The summed E-state index contributed by atoms with van der Waals surface area (Å²) in [6.45, 7) is 0.775. The van der Waals surface area contributed by atoms with E-state index in [0.717, 1.165) is 0 Å². The number of hydrogen-bond donors (Lipinski definition) is 2. The van der Waals surface area contributed by atoms with Crippen molar-refractivity contribution >= 4 is 11.0 Å². The molecule has 7 nitrogen and oxygen atoms in total. The maximum atomic E-state index is 14.8. The number of fused-ring (bicyclic) bond motifs is 1. The van der Waals surface area contributed by atoms with E-state index in [9.17, 15) is 14.6 Å². The highest BCUT2D eigenvalue weighted by Crippen LogP contribution is 2.42. The van der Waals surface area contributed by atoms with Crippen molar-refractivity contribution < 1.29 is 24.1 Å². The SMILES string of the molecule is COc1ncnc2c1ccn2[C@H]1O[C@H](CO)[C@@H](O)[C@@]1(C)F. The highest BCUT2D eigenvalue weighted by molar-refractivity contribution is 5.81. The Hall–Kier alpha value is -1.77. The molecule has 8 heteroatoms. The Morgan fingerprint density at radius 3 is 2.90 bits per heavy atom. The average molecular weight is 297 g/mol. The number of methoxy groups -OCH3 is 1. The van der Waals surface area contributed by atoms with Crippen LogP contribution in [0.15, 0.2) is 18.6 Å². The fraction of sp³-hybridized carbons (Fsp3) is 0.538. The number of rotatable bonds is 3. The number of hydrogen-bond acceptors (Lipinski definition) is 6. The normalized spacial score (nSPS) is 32.7. The summed E-state index contributed by atoms with van der Waals surface area (Å²) in [6.07, 6.45) is -0.597. The smallest absolute Gasteiger partial charge is 0.225 e. The molecule has 0 aliphatic carbocycles. The molecule has 1 saturated heterocycles. The van der Waals surface area contributed by atoms with Gasteiger partial charge in [0.2, 0.25) is 5.88 Å². The van der Waals surface area contributed by atoms with Gasteiger partial charge in [-0.3, -0.25) is 0 Å². The first-order valence-electron chi connectivity index (χ1n) is 6.49. The monoisotopic (exact) mass is 297 g/mol. The molecule has 2 N–H and O–H groups in total. The second-order valence-corrected chi connectivity index (χ2v) is 5.15. The molecule has 1 aliphatic heterocycles. The van der Waals surface area contributed by atoms with Crippen LogP contribution in [0, 0.1) is 0 Å². The fourth-order valence-electron chi connectivity index (χ4n) is 2.66. The molecule has 0 amide bonds. The predicted molar refractivity (Wildman–Crippen MR) is 70.6 cm³/mol. The van der Waals surface area contributed by atoms with Gasteiger partial charge >= 0.3 is 0 Å². The van der Waals surface area contributed by atoms with E-state index in [0.29, 0.717) is 16.9 Å². The van der Waals surface area contributed by atoms with E-state index in [1.54, 1.807) is 12.3 Å². The lowest BCUT2D eigenvalue weighted by Gasteiger charge is -2.25. The first kappa shape index (κ1) is 14.2. The summed E-state index contributed by atoms with van der Waals surface area (Å²) in [7, 11) is 1.48. The minimum absolute atomic E-state index is 0.372. The second-order valence-electron chi connectivity index (χ2n) is 5.15. The highest BCUT2D eigenvalue weighted by atomic mass is 19.1. The van der Waals surface area contributed by atoms with Crippen LogP contribution < -0.4 is 4.74 Å². The van der Waals surface area contributed by atoms with Crippen molar-refractivity contribution in [1.29, 1.82) is 0 Å². The van der Waals surface area contributed by atoms with E-state index in [2.05, 4.69) is 9.97 Å². The minimum Gasteiger partial charge on any atom is -0.480 e. The van der Waals surface area contributed by atoms with Gasteiger partial charge in [-0.2, -0.15) is 0 Å². The van der Waals surface area contributed by atoms with E-state index in [1.807, 2.05) is 0 Å². The Kier molecular flexibility index (Phi) is 3.31. The lowest BCUT2D eigenvalue weighted by Crippen LogP contribution is -2.40. The summed E-state index contributed by atoms with van der Waals surface area (Å²) < 4.78 is 26.9. The summed E-state index contributed by atoms with van der Waals surface area (Å²) in [5, 5.41) is 19.7. The minimum atomic E-state index is -2.06. The maximum Gasteiger partial charge on any atom is 0.225 e. The number of aromatic nitrogens is 3. The molecule has 21 heavy (non-hydrogen) atoms. The summed E-state index contributed by atoms with van der Waals surface area (Å²) in [4.78, 5) is 8.09. The zero-order valence-electron chi connectivity index (χ0n) is 11.6. The van der Waals surface area contributed by atoms with E-state index in [-0.39, 0.29) is 0 Å². The third kappa shape index (κ3) is 1.98. The van der Waals surface area contributed by atoms with Gasteiger partial charge in [-0.05, 0) is 13.0 Å². The molecule has 0 spiro atoms. The molecular formula is C13H16FN3O4. The van der Waals surface area contributed by atoms with Gasteiger partial charge in [-0.1, -0.05) is 0 Å². The molecule has 0 unspecified atom stereocenters. The van der Waals surface area contributed by atoms with E-state index < -0.39 is 30.7 Å². The van der Waals surface area contributed by atoms with Crippen molar-refractivity contribution in [2.45, 2.75) is 31.0 Å². The molecule has 0 aromatic carbocycles. The topological polar surface area (TPSA) is 89.6 Å². The molecule has 0 saturated carbocycles. The molecule has 4 atom stereocenters. The Labute approximate surface area is 120 Å². The molecule has 1 fully saturated rings. The van der Waals surface area contributed by atoms with Gasteiger partial charge in [0.05, 0.1) is 19.1 Å². The summed E-state index contributed by atoms with van der Waals surface area (Å²) in [5.74, 6) is 0.372. The number of halogens is 1. The van der Waals surface area contributed by atoms with Crippen LogP contribution in [-0.4, -0.2) is 56.3 Å². The first-order chi connectivity index (χ1) is 10.0. The average Bonchev–Trinajstić information content (AvgIpc) is 2.99. The largest absolute Gasteiger partial charge is 0.480 e. The number of ether oxygens (including phenoxy) is 2. The molecule has 114 valence electrons. The van der Waals surface area contributed by atoms with Crippen LogP contribution in [0.1, 0.15) is 13.2 Å². The Balaban J connectivity index is 2.09.